The van der Waals surface area contributed by atoms with Crippen molar-refractivity contribution < 1.29 is 14.3 Å². The van der Waals surface area contributed by atoms with Gasteiger partial charge >= 0.3 is 6.09 Å². The third-order valence-electron chi connectivity index (χ3n) is 5.18. The molecule has 2 amide bonds. The highest BCUT2D eigenvalue weighted by Gasteiger charge is 2.48. The Morgan fingerprint density at radius 3 is 2.68 bits per heavy atom. The van der Waals surface area contributed by atoms with E-state index in [9.17, 15) is 9.59 Å². The van der Waals surface area contributed by atoms with Crippen LogP contribution in [0.4, 0.5) is 4.79 Å². The highest BCUT2D eigenvalue weighted by atomic mass is 35.5. The van der Waals surface area contributed by atoms with E-state index in [4.69, 9.17) is 16.3 Å². The lowest BCUT2D eigenvalue weighted by Crippen LogP contribution is -2.49. The summed E-state index contributed by atoms with van der Waals surface area (Å²) in [5, 5.41) is 4.50. The van der Waals surface area contributed by atoms with E-state index in [0.717, 1.165) is 12.8 Å². The number of carbonyl (C=O) groups excluding carboxylic acids is 2. The number of ether oxygens (including phenoxy) is 1. The Labute approximate surface area is 152 Å². The SMILES string of the molecule is CCC[C@@H](C)N1CC2(CCN(C(=O)c3nn(C)cc3Cl)CC2)OC1=O. The minimum absolute atomic E-state index is 0.166. The van der Waals surface area contributed by atoms with Crippen molar-refractivity contribution in [1.29, 1.82) is 0 Å². The Balaban J connectivity index is 1.63. The molecule has 1 aromatic rings. The van der Waals surface area contributed by atoms with Crippen molar-refractivity contribution in [2.75, 3.05) is 19.6 Å². The van der Waals surface area contributed by atoms with Gasteiger partial charge in [0.05, 0.1) is 11.6 Å². The molecular weight excluding hydrogens is 344 g/mol. The third kappa shape index (κ3) is 3.47. The fourth-order valence-electron chi connectivity index (χ4n) is 3.69. The van der Waals surface area contributed by atoms with E-state index in [2.05, 4.69) is 18.9 Å². The van der Waals surface area contributed by atoms with Crippen LogP contribution < -0.4 is 0 Å². The summed E-state index contributed by atoms with van der Waals surface area (Å²) in [6, 6.07) is 0.184. The first-order valence-electron chi connectivity index (χ1n) is 8.83. The van der Waals surface area contributed by atoms with Crippen molar-refractivity contribution >= 4 is 23.6 Å². The number of halogens is 1. The average molecular weight is 369 g/mol. The maximum atomic E-state index is 12.6. The van der Waals surface area contributed by atoms with Gasteiger partial charge in [-0.15, -0.1) is 0 Å². The maximum Gasteiger partial charge on any atom is 0.410 e. The van der Waals surface area contributed by atoms with Crippen molar-refractivity contribution in [2.45, 2.75) is 51.2 Å². The summed E-state index contributed by atoms with van der Waals surface area (Å²) >= 11 is 6.08. The normalized spacial score (nSPS) is 20.9. The zero-order chi connectivity index (χ0) is 18.2. The molecular formula is C17H25ClN4O3. The van der Waals surface area contributed by atoms with E-state index in [0.29, 0.717) is 37.5 Å². The predicted octanol–water partition coefficient (Wildman–Crippen LogP) is 2.69. The first kappa shape index (κ1) is 18.0. The number of piperidine rings is 1. The van der Waals surface area contributed by atoms with Gasteiger partial charge in [0.1, 0.15) is 5.60 Å². The van der Waals surface area contributed by atoms with E-state index >= 15 is 0 Å². The number of rotatable bonds is 4. The molecule has 0 bridgehead atoms. The second-order valence-corrected chi connectivity index (χ2v) is 7.52. The van der Waals surface area contributed by atoms with Gasteiger partial charge in [0.2, 0.25) is 0 Å². The maximum absolute atomic E-state index is 12.6. The molecule has 25 heavy (non-hydrogen) atoms. The number of aromatic nitrogens is 2. The molecule has 7 nitrogen and oxygen atoms in total. The van der Waals surface area contributed by atoms with Crippen LogP contribution in [0, 0.1) is 0 Å². The first-order chi connectivity index (χ1) is 11.8. The Morgan fingerprint density at radius 2 is 2.12 bits per heavy atom. The standard InChI is InChI=1S/C17H25ClN4O3/c1-4-5-12(2)22-11-17(25-16(22)24)6-8-21(9-7-17)15(23)14-13(18)10-20(3)19-14/h10,12H,4-9,11H2,1-3H3/t12-/m1/s1. The van der Waals surface area contributed by atoms with Gasteiger partial charge in [-0.2, -0.15) is 5.10 Å². The molecule has 3 heterocycles. The summed E-state index contributed by atoms with van der Waals surface area (Å²) < 4.78 is 7.27. The van der Waals surface area contributed by atoms with E-state index < -0.39 is 5.60 Å². The van der Waals surface area contributed by atoms with Gasteiger partial charge < -0.3 is 14.5 Å². The Kier molecular flexibility index (Phi) is 4.95. The Hall–Kier alpha value is -1.76. The Morgan fingerprint density at radius 1 is 1.44 bits per heavy atom. The molecule has 1 aromatic heterocycles. The molecule has 0 radical (unpaired) electrons. The number of likely N-dealkylation sites (tertiary alicyclic amines) is 1. The summed E-state index contributed by atoms with van der Waals surface area (Å²) in [6.45, 7) is 5.86. The molecule has 0 saturated carbocycles. The quantitative estimate of drug-likeness (QED) is 0.819. The van der Waals surface area contributed by atoms with Gasteiger partial charge in [0.15, 0.2) is 5.69 Å². The highest BCUT2D eigenvalue weighted by molar-refractivity contribution is 6.33. The molecule has 138 valence electrons. The molecule has 2 aliphatic rings. The minimum atomic E-state index is -0.468. The molecule has 3 rings (SSSR count). The van der Waals surface area contributed by atoms with Gasteiger partial charge in [-0.25, -0.2) is 4.79 Å². The molecule has 8 heteroatoms. The lowest BCUT2D eigenvalue weighted by Gasteiger charge is -2.37. The molecule has 1 spiro atoms. The van der Waals surface area contributed by atoms with Gasteiger partial charge in [-0.3, -0.25) is 9.48 Å². The van der Waals surface area contributed by atoms with Crippen LogP contribution in [0.25, 0.3) is 0 Å². The molecule has 2 aliphatic heterocycles. The number of nitrogens with zero attached hydrogens (tertiary/aromatic N) is 4. The smallest absolute Gasteiger partial charge is 0.410 e. The number of hydrogen-bond acceptors (Lipinski definition) is 4. The third-order valence-corrected chi connectivity index (χ3v) is 5.46. The second kappa shape index (κ2) is 6.86. The van der Waals surface area contributed by atoms with Gasteiger partial charge in [-0.1, -0.05) is 24.9 Å². The van der Waals surface area contributed by atoms with Crippen LogP contribution in [0.3, 0.4) is 0 Å². The van der Waals surface area contributed by atoms with Crippen LogP contribution in [-0.4, -0.2) is 62.9 Å². The van der Waals surface area contributed by atoms with Crippen molar-refractivity contribution in [3.05, 3.63) is 16.9 Å². The summed E-state index contributed by atoms with van der Waals surface area (Å²) in [6.07, 6.45) is 4.67. The minimum Gasteiger partial charge on any atom is -0.441 e. The van der Waals surface area contributed by atoms with Crippen molar-refractivity contribution in [3.8, 4) is 0 Å². The van der Waals surface area contributed by atoms with Gasteiger partial charge in [0, 0.05) is 45.2 Å². The largest absolute Gasteiger partial charge is 0.441 e. The molecule has 0 unspecified atom stereocenters. The summed E-state index contributed by atoms with van der Waals surface area (Å²) in [4.78, 5) is 28.4. The molecule has 1 atom stereocenters. The fourth-order valence-corrected chi connectivity index (χ4v) is 3.95. The van der Waals surface area contributed by atoms with E-state index in [1.165, 1.54) is 4.68 Å². The van der Waals surface area contributed by atoms with E-state index in [1.54, 1.807) is 18.1 Å². The van der Waals surface area contributed by atoms with Crippen molar-refractivity contribution in [1.82, 2.24) is 19.6 Å². The van der Waals surface area contributed by atoms with Crippen LogP contribution in [0.1, 0.15) is 50.0 Å². The lowest BCUT2D eigenvalue weighted by molar-refractivity contribution is 0.00288. The van der Waals surface area contributed by atoms with Gasteiger partial charge in [-0.05, 0) is 13.3 Å². The number of hydrogen-bond donors (Lipinski definition) is 0. The zero-order valence-electron chi connectivity index (χ0n) is 15.0. The van der Waals surface area contributed by atoms with E-state index in [-0.39, 0.29) is 23.7 Å². The van der Waals surface area contributed by atoms with Crippen LogP contribution in [0.2, 0.25) is 5.02 Å². The average Bonchev–Trinajstić information content (AvgIpc) is 3.07. The first-order valence-corrected chi connectivity index (χ1v) is 9.21. The second-order valence-electron chi connectivity index (χ2n) is 7.11. The molecule has 0 N–H and O–H groups in total. The topological polar surface area (TPSA) is 67.7 Å². The fraction of sp³-hybridized carbons (Fsp3) is 0.706. The highest BCUT2D eigenvalue weighted by Crippen LogP contribution is 2.35. The molecule has 0 aromatic carbocycles. The number of aryl methyl sites for hydroxylation is 1. The molecule has 2 fully saturated rings. The van der Waals surface area contributed by atoms with Crippen LogP contribution in [0.5, 0.6) is 0 Å². The predicted molar refractivity (Wildman–Crippen MR) is 93.6 cm³/mol. The van der Waals surface area contributed by atoms with Crippen molar-refractivity contribution in [2.24, 2.45) is 7.05 Å². The van der Waals surface area contributed by atoms with Gasteiger partial charge in [0.25, 0.3) is 5.91 Å². The van der Waals surface area contributed by atoms with Crippen LogP contribution in [-0.2, 0) is 11.8 Å². The number of carbonyl (C=O) groups is 2. The van der Waals surface area contributed by atoms with Crippen molar-refractivity contribution in [3.63, 3.8) is 0 Å². The molecule has 2 saturated heterocycles. The number of amides is 2. The monoisotopic (exact) mass is 368 g/mol. The van der Waals surface area contributed by atoms with Crippen LogP contribution in [0.15, 0.2) is 6.20 Å². The summed E-state index contributed by atoms with van der Waals surface area (Å²) in [7, 11) is 1.73. The van der Waals surface area contributed by atoms with E-state index in [1.807, 2.05) is 4.90 Å². The summed E-state index contributed by atoms with van der Waals surface area (Å²) in [5.74, 6) is -0.166. The zero-order valence-corrected chi connectivity index (χ0v) is 15.8. The Bertz CT molecular complexity index is 667. The molecule has 0 aliphatic carbocycles. The summed E-state index contributed by atoms with van der Waals surface area (Å²) in [5.41, 5.74) is -0.189. The lowest BCUT2D eigenvalue weighted by atomic mass is 9.90. The van der Waals surface area contributed by atoms with Crippen LogP contribution >= 0.6 is 11.6 Å².